The van der Waals surface area contributed by atoms with Crippen LogP contribution in [0.5, 0.6) is 0 Å². The molecule has 2 unspecified atom stereocenters. The van der Waals surface area contributed by atoms with Crippen LogP contribution in [0.3, 0.4) is 0 Å². The van der Waals surface area contributed by atoms with E-state index in [0.717, 1.165) is 6.42 Å². The van der Waals surface area contributed by atoms with Gasteiger partial charge in [0.1, 0.15) is 4.90 Å². The van der Waals surface area contributed by atoms with Crippen LogP contribution in [-0.2, 0) is 16.6 Å². The Bertz CT molecular complexity index is 498. The predicted molar refractivity (Wildman–Crippen MR) is 77.2 cm³/mol. The first-order valence-corrected chi connectivity index (χ1v) is 8.82. The van der Waals surface area contributed by atoms with Crippen LogP contribution in [0.1, 0.15) is 32.1 Å². The monoisotopic (exact) mass is 355 g/mol. The Morgan fingerprint density at radius 2 is 2.11 bits per heavy atom. The van der Waals surface area contributed by atoms with E-state index in [-0.39, 0.29) is 23.5 Å². The van der Waals surface area contributed by atoms with Crippen molar-refractivity contribution in [2.45, 2.75) is 44.7 Å². The van der Waals surface area contributed by atoms with Crippen molar-refractivity contribution in [1.82, 2.24) is 4.72 Å². The molecule has 1 rings (SSSR count). The molecule has 7 heteroatoms. The first-order valence-electron chi connectivity index (χ1n) is 5.73. The van der Waals surface area contributed by atoms with E-state index in [9.17, 15) is 8.42 Å². The summed E-state index contributed by atoms with van der Waals surface area (Å²) in [7, 11) is -3.53. The van der Waals surface area contributed by atoms with Crippen molar-refractivity contribution in [3.05, 3.63) is 14.7 Å². The maximum Gasteiger partial charge on any atom is 0.242 e. The highest BCUT2D eigenvalue weighted by molar-refractivity contribution is 9.11. The molecule has 0 saturated heterocycles. The molecule has 1 aromatic rings. The summed E-state index contributed by atoms with van der Waals surface area (Å²) >= 11 is 4.46. The standard InChI is InChI=1S/C11H18BrNO3S2/c1-4-7(2)8(3)13-18(15,16)10-5-9(6-14)17-11(10)12/h5,7-8,13-14H,4,6H2,1-3H3. The summed E-state index contributed by atoms with van der Waals surface area (Å²) in [6.07, 6.45) is 0.913. The Labute approximate surface area is 121 Å². The highest BCUT2D eigenvalue weighted by Gasteiger charge is 2.24. The molecule has 0 spiro atoms. The second-order valence-electron chi connectivity index (χ2n) is 4.30. The molecule has 2 atom stereocenters. The van der Waals surface area contributed by atoms with Crippen LogP contribution in [-0.4, -0.2) is 19.6 Å². The van der Waals surface area contributed by atoms with Gasteiger partial charge >= 0.3 is 0 Å². The van der Waals surface area contributed by atoms with Gasteiger partial charge in [0.2, 0.25) is 10.0 Å². The van der Waals surface area contributed by atoms with E-state index in [1.807, 2.05) is 20.8 Å². The van der Waals surface area contributed by atoms with Crippen molar-refractivity contribution in [2.75, 3.05) is 0 Å². The van der Waals surface area contributed by atoms with Gasteiger partial charge in [-0.2, -0.15) is 0 Å². The Balaban J connectivity index is 2.96. The van der Waals surface area contributed by atoms with Crippen molar-refractivity contribution >= 4 is 37.3 Å². The molecule has 0 aliphatic carbocycles. The van der Waals surface area contributed by atoms with Gasteiger partial charge in [0.25, 0.3) is 0 Å². The van der Waals surface area contributed by atoms with E-state index in [0.29, 0.717) is 8.66 Å². The smallest absolute Gasteiger partial charge is 0.242 e. The zero-order valence-electron chi connectivity index (χ0n) is 10.6. The molecule has 0 radical (unpaired) electrons. The second kappa shape index (κ2) is 6.47. The lowest BCUT2D eigenvalue weighted by Crippen LogP contribution is -2.36. The molecular weight excluding hydrogens is 338 g/mol. The van der Waals surface area contributed by atoms with Gasteiger partial charge in [-0.3, -0.25) is 0 Å². The highest BCUT2D eigenvalue weighted by atomic mass is 79.9. The molecule has 0 bridgehead atoms. The quantitative estimate of drug-likeness (QED) is 0.824. The average molecular weight is 356 g/mol. The molecule has 0 aliphatic heterocycles. The van der Waals surface area contributed by atoms with E-state index in [1.54, 1.807) is 0 Å². The number of aliphatic hydroxyl groups excluding tert-OH is 1. The van der Waals surface area contributed by atoms with Crippen molar-refractivity contribution in [1.29, 1.82) is 0 Å². The molecule has 2 N–H and O–H groups in total. The van der Waals surface area contributed by atoms with E-state index < -0.39 is 10.0 Å². The number of aliphatic hydroxyl groups is 1. The highest BCUT2D eigenvalue weighted by Crippen LogP contribution is 2.32. The van der Waals surface area contributed by atoms with Gasteiger partial charge < -0.3 is 5.11 Å². The van der Waals surface area contributed by atoms with Crippen LogP contribution >= 0.6 is 27.3 Å². The van der Waals surface area contributed by atoms with E-state index in [4.69, 9.17) is 5.11 Å². The minimum absolute atomic E-state index is 0.121. The summed E-state index contributed by atoms with van der Waals surface area (Å²) < 4.78 is 27.6. The zero-order chi connectivity index (χ0) is 13.9. The molecule has 1 aromatic heterocycles. The predicted octanol–water partition coefficient (Wildman–Crippen LogP) is 2.72. The third-order valence-corrected chi connectivity index (χ3v) is 6.79. The van der Waals surface area contributed by atoms with Crippen molar-refractivity contribution in [3.63, 3.8) is 0 Å². The van der Waals surface area contributed by atoms with Gasteiger partial charge in [-0.15, -0.1) is 11.3 Å². The van der Waals surface area contributed by atoms with E-state index in [2.05, 4.69) is 20.7 Å². The summed E-state index contributed by atoms with van der Waals surface area (Å²) in [5.41, 5.74) is 0. The molecule has 4 nitrogen and oxygen atoms in total. The fourth-order valence-corrected chi connectivity index (χ4v) is 5.33. The summed E-state index contributed by atoms with van der Waals surface area (Å²) in [5, 5.41) is 9.02. The van der Waals surface area contributed by atoms with Crippen LogP contribution in [0.15, 0.2) is 14.7 Å². The number of halogens is 1. The number of nitrogens with one attached hydrogen (secondary N) is 1. The molecule has 18 heavy (non-hydrogen) atoms. The lowest BCUT2D eigenvalue weighted by molar-refractivity contribution is 0.285. The average Bonchev–Trinajstić information content (AvgIpc) is 2.69. The van der Waals surface area contributed by atoms with Gasteiger partial charge in [0, 0.05) is 10.9 Å². The lowest BCUT2D eigenvalue weighted by Gasteiger charge is -2.19. The van der Waals surface area contributed by atoms with Crippen LogP contribution < -0.4 is 4.72 Å². The third-order valence-electron chi connectivity index (χ3n) is 2.99. The Morgan fingerprint density at radius 3 is 2.56 bits per heavy atom. The molecule has 0 aromatic carbocycles. The number of thiophene rings is 1. The van der Waals surface area contributed by atoms with Crippen molar-refractivity contribution < 1.29 is 13.5 Å². The molecule has 0 amide bonds. The first kappa shape index (κ1) is 16.1. The summed E-state index contributed by atoms with van der Waals surface area (Å²) in [6, 6.07) is 1.38. The Hall–Kier alpha value is 0.0500. The third kappa shape index (κ3) is 3.77. The normalized spacial score (nSPS) is 15.6. The fourth-order valence-electron chi connectivity index (χ4n) is 1.44. The molecule has 0 fully saturated rings. The topological polar surface area (TPSA) is 66.4 Å². The maximum absolute atomic E-state index is 12.2. The lowest BCUT2D eigenvalue weighted by atomic mass is 10.0. The first-order chi connectivity index (χ1) is 8.31. The van der Waals surface area contributed by atoms with Gasteiger partial charge in [-0.25, -0.2) is 13.1 Å². The van der Waals surface area contributed by atoms with Gasteiger partial charge in [-0.05, 0) is 34.8 Å². The van der Waals surface area contributed by atoms with E-state index in [1.165, 1.54) is 17.4 Å². The molecule has 1 heterocycles. The van der Waals surface area contributed by atoms with Crippen LogP contribution in [0, 0.1) is 5.92 Å². The number of sulfonamides is 1. The van der Waals surface area contributed by atoms with Crippen molar-refractivity contribution in [2.24, 2.45) is 5.92 Å². The molecule has 0 saturated carbocycles. The number of rotatable bonds is 6. The largest absolute Gasteiger partial charge is 0.391 e. The van der Waals surface area contributed by atoms with Crippen LogP contribution in [0.25, 0.3) is 0 Å². The minimum atomic E-state index is -3.53. The molecular formula is C11H18BrNO3S2. The minimum Gasteiger partial charge on any atom is -0.391 e. The van der Waals surface area contributed by atoms with Gasteiger partial charge in [0.05, 0.1) is 10.4 Å². The van der Waals surface area contributed by atoms with Crippen LogP contribution in [0.2, 0.25) is 0 Å². The Kier molecular flexibility index (Phi) is 5.79. The zero-order valence-corrected chi connectivity index (χ0v) is 13.8. The number of hydrogen-bond donors (Lipinski definition) is 2. The molecule has 104 valence electrons. The number of hydrogen-bond acceptors (Lipinski definition) is 4. The summed E-state index contributed by atoms with van der Waals surface area (Å²) in [4.78, 5) is 0.824. The van der Waals surface area contributed by atoms with Gasteiger partial charge in [-0.1, -0.05) is 20.3 Å². The van der Waals surface area contributed by atoms with E-state index >= 15 is 0 Å². The fraction of sp³-hybridized carbons (Fsp3) is 0.636. The summed E-state index contributed by atoms with van der Waals surface area (Å²) in [5.74, 6) is 0.273. The SMILES string of the molecule is CCC(C)C(C)NS(=O)(=O)c1cc(CO)sc1Br. The van der Waals surface area contributed by atoms with Crippen LogP contribution in [0.4, 0.5) is 0 Å². The Morgan fingerprint density at radius 1 is 1.50 bits per heavy atom. The van der Waals surface area contributed by atoms with Crippen molar-refractivity contribution in [3.8, 4) is 0 Å². The maximum atomic E-state index is 12.2. The molecule has 0 aliphatic rings. The van der Waals surface area contributed by atoms with Gasteiger partial charge in [0.15, 0.2) is 0 Å². The summed E-state index contributed by atoms with van der Waals surface area (Å²) in [6.45, 7) is 5.74. The second-order valence-corrected chi connectivity index (χ2v) is 8.44.